The van der Waals surface area contributed by atoms with E-state index in [-0.39, 0.29) is 5.41 Å². The summed E-state index contributed by atoms with van der Waals surface area (Å²) < 4.78 is 13.6. The molecule has 82 valence electrons. The first-order valence-corrected chi connectivity index (χ1v) is 4.97. The maximum absolute atomic E-state index is 13.6. The van der Waals surface area contributed by atoms with Crippen molar-refractivity contribution in [2.45, 2.75) is 45.8 Å². The van der Waals surface area contributed by atoms with E-state index in [2.05, 4.69) is 0 Å². The normalized spacial score (nSPS) is 29.0. The van der Waals surface area contributed by atoms with Gasteiger partial charge in [-0.2, -0.15) is 0 Å². The van der Waals surface area contributed by atoms with Crippen molar-refractivity contribution in [3.05, 3.63) is 0 Å². The predicted octanol–water partition coefficient (Wildman–Crippen LogP) is 2.51. The molecule has 0 saturated carbocycles. The number of hydrogen-bond donors (Lipinski definition) is 1. The Hall–Kier alpha value is -0.800. The molecule has 0 spiro atoms. The van der Waals surface area contributed by atoms with E-state index < -0.39 is 18.3 Å². The fraction of sp³-hybridized carbons (Fsp3) is 0.900. The second-order valence-electron chi connectivity index (χ2n) is 4.95. The molecule has 0 aromatic heterocycles. The van der Waals surface area contributed by atoms with Crippen LogP contribution in [0.4, 0.5) is 9.18 Å². The van der Waals surface area contributed by atoms with Crippen LogP contribution in [0.15, 0.2) is 0 Å². The molecule has 1 fully saturated rings. The Bertz CT molecular complexity index is 225. The highest BCUT2D eigenvalue weighted by molar-refractivity contribution is 5.65. The molecule has 1 amide bonds. The molecule has 1 aliphatic heterocycles. The van der Waals surface area contributed by atoms with Crippen LogP contribution in [0.3, 0.4) is 0 Å². The lowest BCUT2D eigenvalue weighted by molar-refractivity contribution is 0.00762. The number of alkyl halides is 1. The molecule has 4 heteroatoms. The molecular weight excluding hydrogens is 185 g/mol. The fourth-order valence-corrected chi connectivity index (χ4v) is 2.17. The summed E-state index contributed by atoms with van der Waals surface area (Å²) in [5.74, 6) is 0. The molecule has 2 unspecified atom stereocenters. The van der Waals surface area contributed by atoms with E-state index in [1.807, 2.05) is 20.8 Å². The van der Waals surface area contributed by atoms with Crippen LogP contribution in [-0.4, -0.2) is 34.9 Å². The maximum atomic E-state index is 13.6. The van der Waals surface area contributed by atoms with Gasteiger partial charge in [-0.1, -0.05) is 20.8 Å². The molecule has 0 aromatic rings. The molecular formula is C10H18FNO2. The van der Waals surface area contributed by atoms with E-state index in [1.165, 1.54) is 4.90 Å². The van der Waals surface area contributed by atoms with Gasteiger partial charge in [-0.05, 0) is 18.3 Å². The van der Waals surface area contributed by atoms with E-state index in [4.69, 9.17) is 5.11 Å². The van der Waals surface area contributed by atoms with E-state index in [0.29, 0.717) is 19.4 Å². The molecule has 3 nitrogen and oxygen atoms in total. The van der Waals surface area contributed by atoms with Crippen LogP contribution < -0.4 is 0 Å². The summed E-state index contributed by atoms with van der Waals surface area (Å²) in [5.41, 5.74) is -0.335. The number of nitrogens with zero attached hydrogens (tertiary/aromatic N) is 1. The van der Waals surface area contributed by atoms with Gasteiger partial charge in [-0.15, -0.1) is 0 Å². The Morgan fingerprint density at radius 1 is 1.50 bits per heavy atom. The summed E-state index contributed by atoms with van der Waals surface area (Å²) in [5, 5.41) is 8.95. The first-order chi connectivity index (χ1) is 6.34. The second kappa shape index (κ2) is 3.75. The summed E-state index contributed by atoms with van der Waals surface area (Å²) in [6.45, 7) is 6.10. The van der Waals surface area contributed by atoms with Gasteiger partial charge in [-0.3, -0.25) is 0 Å². The van der Waals surface area contributed by atoms with Gasteiger partial charge in [0.1, 0.15) is 6.17 Å². The zero-order valence-electron chi connectivity index (χ0n) is 8.96. The van der Waals surface area contributed by atoms with Crippen molar-refractivity contribution >= 4 is 6.09 Å². The van der Waals surface area contributed by atoms with Gasteiger partial charge >= 0.3 is 6.09 Å². The van der Waals surface area contributed by atoms with Crippen molar-refractivity contribution in [2.75, 3.05) is 6.54 Å². The minimum absolute atomic E-state index is 0.335. The average molecular weight is 203 g/mol. The number of piperidine rings is 1. The summed E-state index contributed by atoms with van der Waals surface area (Å²) in [7, 11) is 0. The third kappa shape index (κ3) is 2.16. The van der Waals surface area contributed by atoms with Crippen molar-refractivity contribution in [1.82, 2.24) is 4.90 Å². The Labute approximate surface area is 83.9 Å². The van der Waals surface area contributed by atoms with Crippen LogP contribution in [0.2, 0.25) is 0 Å². The van der Waals surface area contributed by atoms with Crippen LogP contribution >= 0.6 is 0 Å². The van der Waals surface area contributed by atoms with Crippen molar-refractivity contribution in [3.63, 3.8) is 0 Å². The molecule has 1 aliphatic rings. The van der Waals surface area contributed by atoms with Crippen molar-refractivity contribution < 1.29 is 14.3 Å². The summed E-state index contributed by atoms with van der Waals surface area (Å²) in [6, 6.07) is -0.506. The zero-order chi connectivity index (χ0) is 10.9. The number of halogens is 1. The number of rotatable bonds is 0. The largest absolute Gasteiger partial charge is 0.465 e. The van der Waals surface area contributed by atoms with Crippen molar-refractivity contribution in [3.8, 4) is 0 Å². The third-order valence-electron chi connectivity index (χ3n) is 2.69. The van der Waals surface area contributed by atoms with Gasteiger partial charge in [-0.25, -0.2) is 9.18 Å². The molecule has 0 radical (unpaired) electrons. The van der Waals surface area contributed by atoms with Crippen LogP contribution in [0, 0.1) is 5.41 Å². The average Bonchev–Trinajstić information content (AvgIpc) is 2.01. The first kappa shape index (κ1) is 11.3. The SMILES string of the molecule is CC(C)(C)C1C(F)CCCN1C(=O)O. The van der Waals surface area contributed by atoms with Crippen LogP contribution in [0.25, 0.3) is 0 Å². The van der Waals surface area contributed by atoms with Gasteiger partial charge in [0.05, 0.1) is 6.04 Å². The Balaban J connectivity index is 2.87. The number of amides is 1. The highest BCUT2D eigenvalue weighted by Crippen LogP contribution is 2.33. The molecule has 2 atom stereocenters. The van der Waals surface area contributed by atoms with Crippen LogP contribution in [0.5, 0.6) is 0 Å². The molecule has 14 heavy (non-hydrogen) atoms. The Morgan fingerprint density at radius 3 is 2.43 bits per heavy atom. The zero-order valence-corrected chi connectivity index (χ0v) is 8.96. The van der Waals surface area contributed by atoms with Crippen molar-refractivity contribution in [1.29, 1.82) is 0 Å². The molecule has 0 bridgehead atoms. The predicted molar refractivity (Wildman–Crippen MR) is 52.1 cm³/mol. The highest BCUT2D eigenvalue weighted by atomic mass is 19.1. The van der Waals surface area contributed by atoms with E-state index in [1.54, 1.807) is 0 Å². The monoisotopic (exact) mass is 203 g/mol. The lowest BCUT2D eigenvalue weighted by Gasteiger charge is -2.43. The number of hydrogen-bond acceptors (Lipinski definition) is 1. The van der Waals surface area contributed by atoms with Gasteiger partial charge < -0.3 is 10.0 Å². The molecule has 1 rings (SSSR count). The van der Waals surface area contributed by atoms with Crippen molar-refractivity contribution in [2.24, 2.45) is 5.41 Å². The van der Waals surface area contributed by atoms with E-state index in [0.717, 1.165) is 0 Å². The molecule has 1 N–H and O–H groups in total. The first-order valence-electron chi connectivity index (χ1n) is 4.97. The molecule has 1 saturated heterocycles. The number of likely N-dealkylation sites (tertiary alicyclic amines) is 1. The summed E-state index contributed by atoms with van der Waals surface area (Å²) >= 11 is 0. The Morgan fingerprint density at radius 2 is 2.07 bits per heavy atom. The van der Waals surface area contributed by atoms with Crippen LogP contribution in [-0.2, 0) is 0 Å². The van der Waals surface area contributed by atoms with Crippen LogP contribution in [0.1, 0.15) is 33.6 Å². The molecule has 1 heterocycles. The van der Waals surface area contributed by atoms with Gasteiger partial charge in [0.25, 0.3) is 0 Å². The van der Waals surface area contributed by atoms with Gasteiger partial charge in [0.15, 0.2) is 0 Å². The minimum Gasteiger partial charge on any atom is -0.465 e. The second-order valence-corrected chi connectivity index (χ2v) is 4.95. The standard InChI is InChI=1S/C10H18FNO2/c1-10(2,3)8-7(11)5-4-6-12(8)9(13)14/h7-8H,4-6H2,1-3H3,(H,13,14). The number of carbonyl (C=O) groups is 1. The molecule has 0 aliphatic carbocycles. The smallest absolute Gasteiger partial charge is 0.407 e. The third-order valence-corrected chi connectivity index (χ3v) is 2.69. The number of carboxylic acid groups (broad SMARTS) is 1. The molecule has 0 aromatic carbocycles. The lowest BCUT2D eigenvalue weighted by atomic mass is 9.80. The lowest BCUT2D eigenvalue weighted by Crippen LogP contribution is -2.55. The van der Waals surface area contributed by atoms with E-state index in [9.17, 15) is 9.18 Å². The summed E-state index contributed by atoms with van der Waals surface area (Å²) in [4.78, 5) is 12.2. The van der Waals surface area contributed by atoms with E-state index >= 15 is 0 Å². The van der Waals surface area contributed by atoms with Gasteiger partial charge in [0.2, 0.25) is 0 Å². The minimum atomic E-state index is -1.03. The maximum Gasteiger partial charge on any atom is 0.407 e. The quantitative estimate of drug-likeness (QED) is 0.657. The highest BCUT2D eigenvalue weighted by Gasteiger charge is 2.41. The fourth-order valence-electron chi connectivity index (χ4n) is 2.17. The summed E-state index contributed by atoms with van der Waals surface area (Å²) in [6.07, 6.45) is -0.932. The van der Waals surface area contributed by atoms with Gasteiger partial charge in [0, 0.05) is 6.54 Å². The Kier molecular flexibility index (Phi) is 3.02. The topological polar surface area (TPSA) is 40.5 Å².